The van der Waals surface area contributed by atoms with Gasteiger partial charge in [0.25, 0.3) is 5.78 Å². The van der Waals surface area contributed by atoms with Crippen molar-refractivity contribution in [2.24, 2.45) is 0 Å². The van der Waals surface area contributed by atoms with Crippen LogP contribution in [0.15, 0.2) is 5.03 Å². The van der Waals surface area contributed by atoms with Gasteiger partial charge in [-0.2, -0.15) is 4.52 Å². The first kappa shape index (κ1) is 10.7. The van der Waals surface area contributed by atoms with Crippen LogP contribution in [0.25, 0.3) is 16.0 Å². The van der Waals surface area contributed by atoms with E-state index in [0.717, 1.165) is 16.3 Å². The molecule has 0 atom stereocenters. The second-order valence-corrected chi connectivity index (χ2v) is 6.28. The minimum absolute atomic E-state index is 0.602. The molecule has 92 valence electrons. The van der Waals surface area contributed by atoms with Crippen LogP contribution in [0.2, 0.25) is 0 Å². The first-order valence-corrected chi connectivity index (χ1v) is 7.99. The molecule has 0 N–H and O–H groups in total. The Morgan fingerprint density at radius 1 is 1.28 bits per heavy atom. The molecule has 3 aromatic heterocycles. The van der Waals surface area contributed by atoms with Gasteiger partial charge in [-0.05, 0) is 47.9 Å². The number of tetrazole rings is 1. The first-order valence-electron chi connectivity index (χ1n) is 5.95. The summed E-state index contributed by atoms with van der Waals surface area (Å²) in [5.74, 6) is 0.602. The highest BCUT2D eigenvalue weighted by molar-refractivity contribution is 7.98. The van der Waals surface area contributed by atoms with Gasteiger partial charge in [0.05, 0.1) is 0 Å². The van der Waals surface area contributed by atoms with Crippen molar-refractivity contribution < 1.29 is 0 Å². The third-order valence-corrected chi connectivity index (χ3v) is 5.36. The summed E-state index contributed by atoms with van der Waals surface area (Å²) >= 11 is 3.51. The fourth-order valence-electron chi connectivity index (χ4n) is 2.60. The summed E-state index contributed by atoms with van der Waals surface area (Å²) in [4.78, 5) is 7.21. The molecule has 0 amide bonds. The number of aromatic nitrogens is 5. The van der Waals surface area contributed by atoms with Gasteiger partial charge in [-0.15, -0.1) is 23.1 Å². The molecule has 4 rings (SSSR count). The Kier molecular flexibility index (Phi) is 2.31. The van der Waals surface area contributed by atoms with E-state index >= 15 is 0 Å². The Hall–Kier alpha value is -1.21. The van der Waals surface area contributed by atoms with Gasteiger partial charge in [0.15, 0.2) is 0 Å². The van der Waals surface area contributed by atoms with Crippen LogP contribution in [0.1, 0.15) is 23.3 Å². The number of rotatable bonds is 1. The third kappa shape index (κ3) is 1.34. The topological polar surface area (TPSA) is 56.0 Å². The highest BCUT2D eigenvalue weighted by atomic mass is 32.2. The molecular weight excluding hydrogens is 266 g/mol. The van der Waals surface area contributed by atoms with Crippen LogP contribution in [0.5, 0.6) is 0 Å². The van der Waals surface area contributed by atoms with Crippen molar-refractivity contribution in [3.63, 3.8) is 0 Å². The van der Waals surface area contributed by atoms with E-state index in [2.05, 4.69) is 26.8 Å². The molecule has 1 aliphatic carbocycles. The summed E-state index contributed by atoms with van der Waals surface area (Å²) in [6, 6.07) is 0. The molecule has 0 saturated carbocycles. The van der Waals surface area contributed by atoms with E-state index in [9.17, 15) is 0 Å². The van der Waals surface area contributed by atoms with Crippen LogP contribution < -0.4 is 0 Å². The van der Waals surface area contributed by atoms with Crippen molar-refractivity contribution in [1.82, 2.24) is 25.0 Å². The number of hydrogen-bond acceptors (Lipinski definition) is 6. The molecular formula is C11H11N5S2. The molecule has 0 spiro atoms. The minimum atomic E-state index is 0.602. The molecule has 0 fully saturated rings. The van der Waals surface area contributed by atoms with Crippen molar-refractivity contribution >= 4 is 39.1 Å². The van der Waals surface area contributed by atoms with Gasteiger partial charge in [0.2, 0.25) is 0 Å². The number of thioether (sulfide) groups is 1. The Morgan fingerprint density at radius 3 is 3.06 bits per heavy atom. The molecule has 0 saturated heterocycles. The highest BCUT2D eigenvalue weighted by Gasteiger charge is 2.22. The molecule has 0 aliphatic heterocycles. The van der Waals surface area contributed by atoms with Crippen LogP contribution in [0, 0.1) is 0 Å². The second kappa shape index (κ2) is 3.89. The smallest absolute Gasteiger partial charge is 0.202 e. The van der Waals surface area contributed by atoms with Gasteiger partial charge in [0.1, 0.15) is 9.86 Å². The average molecular weight is 277 g/mol. The summed E-state index contributed by atoms with van der Waals surface area (Å²) in [6.07, 6.45) is 6.99. The maximum atomic E-state index is 4.56. The fourth-order valence-corrected chi connectivity index (χ4v) is 4.59. The SMILES string of the molecule is CSc1nc2nnnn2c2sc3c(c12)CCCC3. The van der Waals surface area contributed by atoms with E-state index < -0.39 is 0 Å². The number of fused-ring (bicyclic) bond motifs is 5. The normalized spacial score (nSPS) is 15.4. The number of hydrogen-bond donors (Lipinski definition) is 0. The molecule has 7 heteroatoms. The standard InChI is InChI=1S/C11H11N5S2/c1-17-9-8-6-4-2-3-5-7(6)18-10(8)16-11(12-9)13-14-15-16/h2-5H2,1H3. The molecule has 18 heavy (non-hydrogen) atoms. The van der Waals surface area contributed by atoms with E-state index in [0.29, 0.717) is 5.78 Å². The minimum Gasteiger partial charge on any atom is -0.202 e. The van der Waals surface area contributed by atoms with Crippen LogP contribution in [-0.2, 0) is 12.8 Å². The largest absolute Gasteiger partial charge is 0.275 e. The molecule has 3 aromatic rings. The summed E-state index contributed by atoms with van der Waals surface area (Å²) in [5.41, 5.74) is 1.48. The van der Waals surface area contributed by atoms with Gasteiger partial charge in [-0.3, -0.25) is 0 Å². The molecule has 3 heterocycles. The summed E-state index contributed by atoms with van der Waals surface area (Å²) in [6.45, 7) is 0. The Bertz CT molecular complexity index is 745. The molecule has 0 radical (unpaired) electrons. The lowest BCUT2D eigenvalue weighted by atomic mass is 9.97. The molecule has 0 unspecified atom stereocenters. The quantitative estimate of drug-likeness (QED) is 0.505. The maximum absolute atomic E-state index is 4.56. The van der Waals surface area contributed by atoms with Crippen LogP contribution in [0.4, 0.5) is 0 Å². The third-order valence-electron chi connectivity index (χ3n) is 3.41. The second-order valence-electron chi connectivity index (χ2n) is 4.40. The van der Waals surface area contributed by atoms with E-state index in [4.69, 9.17) is 0 Å². The van der Waals surface area contributed by atoms with E-state index in [-0.39, 0.29) is 0 Å². The zero-order valence-electron chi connectivity index (χ0n) is 9.88. The first-order chi connectivity index (χ1) is 8.88. The highest BCUT2D eigenvalue weighted by Crippen LogP contribution is 2.39. The summed E-state index contributed by atoms with van der Waals surface area (Å²) in [7, 11) is 0. The summed E-state index contributed by atoms with van der Waals surface area (Å²) in [5, 5.41) is 14.1. The van der Waals surface area contributed by atoms with Gasteiger partial charge in [0, 0.05) is 10.3 Å². The van der Waals surface area contributed by atoms with E-state index in [1.165, 1.54) is 35.1 Å². The van der Waals surface area contributed by atoms with Crippen molar-refractivity contribution in [2.45, 2.75) is 30.7 Å². The molecule has 0 bridgehead atoms. The maximum Gasteiger partial charge on any atom is 0.275 e. The zero-order valence-corrected chi connectivity index (χ0v) is 11.5. The predicted octanol–water partition coefficient (Wildman–Crippen LogP) is 2.33. The Labute approximate surface area is 112 Å². The number of nitrogens with zero attached hydrogens (tertiary/aromatic N) is 5. The lowest BCUT2D eigenvalue weighted by Gasteiger charge is -2.10. The van der Waals surface area contributed by atoms with Crippen molar-refractivity contribution in [3.05, 3.63) is 10.4 Å². The lowest BCUT2D eigenvalue weighted by molar-refractivity contribution is 0.699. The molecule has 1 aliphatic rings. The number of aryl methyl sites for hydroxylation is 2. The predicted molar refractivity (Wildman–Crippen MR) is 72.4 cm³/mol. The van der Waals surface area contributed by atoms with Crippen LogP contribution in [0.3, 0.4) is 0 Å². The Balaban J connectivity index is 2.19. The fraction of sp³-hybridized carbons (Fsp3) is 0.455. The van der Waals surface area contributed by atoms with Gasteiger partial charge in [-0.25, -0.2) is 4.98 Å². The van der Waals surface area contributed by atoms with E-state index in [1.807, 2.05) is 11.3 Å². The summed E-state index contributed by atoms with van der Waals surface area (Å²) < 4.78 is 1.78. The van der Waals surface area contributed by atoms with Crippen molar-refractivity contribution in [3.8, 4) is 0 Å². The van der Waals surface area contributed by atoms with Gasteiger partial charge < -0.3 is 0 Å². The Morgan fingerprint density at radius 2 is 2.17 bits per heavy atom. The molecule has 0 aromatic carbocycles. The van der Waals surface area contributed by atoms with Gasteiger partial charge >= 0.3 is 0 Å². The van der Waals surface area contributed by atoms with Gasteiger partial charge in [-0.1, -0.05) is 5.10 Å². The van der Waals surface area contributed by atoms with Crippen LogP contribution >= 0.6 is 23.1 Å². The monoisotopic (exact) mass is 277 g/mol. The zero-order chi connectivity index (χ0) is 12.1. The van der Waals surface area contributed by atoms with Crippen LogP contribution in [-0.4, -0.2) is 31.3 Å². The average Bonchev–Trinajstić information content (AvgIpc) is 3.01. The van der Waals surface area contributed by atoms with Crippen molar-refractivity contribution in [1.29, 1.82) is 0 Å². The lowest BCUT2D eigenvalue weighted by Crippen LogP contribution is -1.99. The van der Waals surface area contributed by atoms with Crippen molar-refractivity contribution in [2.75, 3.05) is 6.26 Å². The molecule has 5 nitrogen and oxygen atoms in total. The van der Waals surface area contributed by atoms with E-state index in [1.54, 1.807) is 16.3 Å². The number of thiophene rings is 1.